The van der Waals surface area contributed by atoms with Crippen LogP contribution in [0.25, 0.3) is 0 Å². The van der Waals surface area contributed by atoms with Gasteiger partial charge in [0.2, 0.25) is 0 Å². The van der Waals surface area contributed by atoms with Crippen molar-refractivity contribution in [2.75, 3.05) is 60.3 Å². The quantitative estimate of drug-likeness (QED) is 0.326. The fourth-order valence-electron chi connectivity index (χ4n) is 6.54. The maximum absolute atomic E-state index is 6.34. The summed E-state index contributed by atoms with van der Waals surface area (Å²) in [4.78, 5) is 0. The molecule has 0 N–H and O–H groups in total. The summed E-state index contributed by atoms with van der Waals surface area (Å²) in [6, 6.07) is 4.12. The zero-order valence-electron chi connectivity index (χ0n) is 20.9. The second kappa shape index (κ2) is 11.2. The summed E-state index contributed by atoms with van der Waals surface area (Å²) in [7, 11) is 3.37. The highest BCUT2D eigenvalue weighted by Crippen LogP contribution is 2.62. The van der Waals surface area contributed by atoms with Gasteiger partial charge in [-0.05, 0) is 54.1 Å². The molecular formula is C26H41Br2NO4. The van der Waals surface area contributed by atoms with Gasteiger partial charge in [0.25, 0.3) is 0 Å². The Labute approximate surface area is 219 Å². The van der Waals surface area contributed by atoms with Crippen LogP contribution in [-0.2, 0) is 16.0 Å². The molecule has 4 aliphatic rings. The van der Waals surface area contributed by atoms with E-state index in [-0.39, 0.29) is 17.0 Å². The second-order valence-electron chi connectivity index (χ2n) is 10.9. The van der Waals surface area contributed by atoms with Crippen molar-refractivity contribution in [3.8, 4) is 11.5 Å². The van der Waals surface area contributed by atoms with Crippen LogP contribution in [0.2, 0.25) is 0 Å². The first-order valence-corrected chi connectivity index (χ1v) is 13.0. The molecule has 188 valence electrons. The predicted molar refractivity (Wildman–Crippen MR) is 130 cm³/mol. The van der Waals surface area contributed by atoms with Gasteiger partial charge in [-0.3, -0.25) is 0 Å². The molecule has 0 unspecified atom stereocenters. The molecule has 2 bridgehead atoms. The van der Waals surface area contributed by atoms with Gasteiger partial charge in [0.1, 0.15) is 26.2 Å². The Morgan fingerprint density at radius 2 is 1.76 bits per heavy atom. The summed E-state index contributed by atoms with van der Waals surface area (Å²) in [5, 5.41) is 0. The molecule has 33 heavy (non-hydrogen) atoms. The average molecular weight is 591 g/mol. The fourth-order valence-corrected chi connectivity index (χ4v) is 6.99. The van der Waals surface area contributed by atoms with E-state index in [9.17, 15) is 0 Å². The lowest BCUT2D eigenvalue weighted by atomic mass is 9.43. The largest absolute Gasteiger partial charge is 1.00 e. The molecular weight excluding hydrogens is 550 g/mol. The minimum Gasteiger partial charge on any atom is -1.00 e. The van der Waals surface area contributed by atoms with Crippen LogP contribution in [0.1, 0.15) is 39.2 Å². The van der Waals surface area contributed by atoms with Gasteiger partial charge in [0.05, 0.1) is 34.0 Å². The van der Waals surface area contributed by atoms with Crippen molar-refractivity contribution in [2.45, 2.75) is 40.2 Å². The minimum absolute atomic E-state index is 0. The predicted octanol–water partition coefficient (Wildman–Crippen LogP) is 2.15. The van der Waals surface area contributed by atoms with Gasteiger partial charge in [-0.15, -0.1) is 0 Å². The van der Waals surface area contributed by atoms with Crippen LogP contribution < -0.4 is 26.5 Å². The van der Waals surface area contributed by atoms with E-state index in [2.05, 4.69) is 42.8 Å². The molecule has 5 rings (SSSR count). The van der Waals surface area contributed by atoms with E-state index >= 15 is 0 Å². The highest BCUT2D eigenvalue weighted by Gasteiger charge is 2.56. The number of morpholine rings is 1. The maximum Gasteiger partial charge on any atom is 0.161 e. The normalized spacial score (nSPS) is 29.5. The number of halogens is 2. The molecule has 0 aromatic heterocycles. The van der Waals surface area contributed by atoms with E-state index in [4.69, 9.17) is 18.9 Å². The number of hydrogen-bond acceptors (Lipinski definition) is 4. The number of benzene rings is 1. The number of hydrogen-bond donors (Lipinski definition) is 0. The van der Waals surface area contributed by atoms with Crippen molar-refractivity contribution < 1.29 is 40.4 Å². The lowest BCUT2D eigenvalue weighted by molar-refractivity contribution is -0.947. The van der Waals surface area contributed by atoms with E-state index in [1.165, 1.54) is 18.4 Å². The van der Waals surface area contributed by atoms with Crippen molar-refractivity contribution in [3.63, 3.8) is 0 Å². The number of rotatable bonds is 9. The van der Waals surface area contributed by atoms with E-state index < -0.39 is 0 Å². The highest BCUT2D eigenvalue weighted by molar-refractivity contribution is 9.10. The van der Waals surface area contributed by atoms with Crippen LogP contribution in [0.15, 0.2) is 16.6 Å². The van der Waals surface area contributed by atoms with Gasteiger partial charge in [-0.2, -0.15) is 0 Å². The van der Waals surface area contributed by atoms with E-state index in [1.54, 1.807) is 14.2 Å². The molecule has 1 aliphatic heterocycles. The first kappa shape index (κ1) is 27.3. The third kappa shape index (κ3) is 5.58. The number of nitrogens with zero attached hydrogens (tertiary/aromatic N) is 1. The van der Waals surface area contributed by atoms with Crippen LogP contribution in [0.3, 0.4) is 0 Å². The summed E-state index contributed by atoms with van der Waals surface area (Å²) >= 11 is 3.75. The first-order chi connectivity index (χ1) is 15.3. The Morgan fingerprint density at radius 1 is 1.09 bits per heavy atom. The van der Waals surface area contributed by atoms with Crippen molar-refractivity contribution in [1.82, 2.24) is 0 Å². The summed E-state index contributed by atoms with van der Waals surface area (Å²) < 4.78 is 25.1. The van der Waals surface area contributed by atoms with E-state index in [0.717, 1.165) is 96.7 Å². The van der Waals surface area contributed by atoms with Crippen molar-refractivity contribution >= 4 is 15.9 Å². The van der Waals surface area contributed by atoms with Crippen LogP contribution in [-0.4, -0.2) is 64.8 Å². The molecule has 0 radical (unpaired) electrons. The van der Waals surface area contributed by atoms with Gasteiger partial charge in [-0.25, -0.2) is 0 Å². The Hall–Kier alpha value is -0.340. The molecule has 4 atom stereocenters. The molecule has 3 saturated carbocycles. The molecule has 1 aromatic carbocycles. The Kier molecular flexibility index (Phi) is 9.21. The molecule has 4 fully saturated rings. The number of ether oxygens (including phenoxy) is 4. The van der Waals surface area contributed by atoms with Gasteiger partial charge >= 0.3 is 0 Å². The van der Waals surface area contributed by atoms with Crippen molar-refractivity contribution in [3.05, 3.63) is 22.2 Å². The van der Waals surface area contributed by atoms with Crippen LogP contribution in [0.5, 0.6) is 11.5 Å². The SMILES string of the molecule is COc1cc(Br)c(C[N+]2(CCOC[C@@H]3C[C@H]4C[C@@H]([C@H]3C)C4(C)C)CCOCC2)cc1OC.[Br-]. The summed E-state index contributed by atoms with van der Waals surface area (Å²) in [5.74, 6) is 4.82. The molecule has 1 saturated heterocycles. The van der Waals surface area contributed by atoms with Gasteiger partial charge in [-0.1, -0.05) is 36.7 Å². The lowest BCUT2D eigenvalue weighted by Crippen LogP contribution is -3.00. The number of quaternary nitrogens is 1. The Morgan fingerprint density at radius 3 is 2.36 bits per heavy atom. The molecule has 1 aromatic rings. The minimum atomic E-state index is 0. The molecule has 5 nitrogen and oxygen atoms in total. The van der Waals surface area contributed by atoms with E-state index in [0.29, 0.717) is 5.41 Å². The average Bonchev–Trinajstić information content (AvgIpc) is 2.79. The highest BCUT2D eigenvalue weighted by atomic mass is 79.9. The summed E-state index contributed by atoms with van der Waals surface area (Å²) in [5.41, 5.74) is 1.79. The molecule has 1 heterocycles. The monoisotopic (exact) mass is 589 g/mol. The lowest BCUT2D eigenvalue weighted by Gasteiger charge is -2.62. The maximum atomic E-state index is 6.34. The Bertz CT molecular complexity index is 797. The Balaban J connectivity index is 0.00000306. The molecule has 7 heteroatoms. The van der Waals surface area contributed by atoms with Crippen molar-refractivity contribution in [2.24, 2.45) is 29.1 Å². The summed E-state index contributed by atoms with van der Waals surface area (Å²) in [6.07, 6.45) is 2.78. The summed E-state index contributed by atoms with van der Waals surface area (Å²) in [6.45, 7) is 14.7. The third-order valence-electron chi connectivity index (χ3n) is 9.03. The number of fused-ring (bicyclic) bond motifs is 2. The second-order valence-corrected chi connectivity index (χ2v) is 11.7. The van der Waals surface area contributed by atoms with E-state index in [1.807, 2.05) is 6.07 Å². The number of methoxy groups -OCH3 is 2. The van der Waals surface area contributed by atoms with Gasteiger partial charge in [0, 0.05) is 16.6 Å². The van der Waals surface area contributed by atoms with Gasteiger partial charge < -0.3 is 40.4 Å². The first-order valence-electron chi connectivity index (χ1n) is 12.2. The molecule has 0 spiro atoms. The van der Waals surface area contributed by atoms with Crippen LogP contribution in [0.4, 0.5) is 0 Å². The zero-order chi connectivity index (χ0) is 22.9. The smallest absolute Gasteiger partial charge is 0.161 e. The van der Waals surface area contributed by atoms with Crippen LogP contribution in [0, 0.1) is 29.1 Å². The topological polar surface area (TPSA) is 36.9 Å². The fraction of sp³-hybridized carbons (Fsp3) is 0.769. The third-order valence-corrected chi connectivity index (χ3v) is 9.77. The molecule has 3 aliphatic carbocycles. The van der Waals surface area contributed by atoms with Gasteiger partial charge in [0.15, 0.2) is 11.5 Å². The molecule has 0 amide bonds. The zero-order valence-corrected chi connectivity index (χ0v) is 24.0. The standard InChI is InChI=1S/C26H41BrNO4.BrH/c1-18-20(12-21-14-22(18)26(21,2)3)17-32-11-8-28(6-9-31-10-7-28)16-19-13-24(29-4)25(30-5)15-23(19)27;/h13,15,18,20-22H,6-12,14,16-17H2,1-5H3;1H/q+1;/p-1/t18-,20-,21-,22-;/m0./s1. The van der Waals surface area contributed by atoms with Crippen LogP contribution >= 0.6 is 15.9 Å². The van der Waals surface area contributed by atoms with Crippen molar-refractivity contribution in [1.29, 1.82) is 0 Å².